The van der Waals surface area contributed by atoms with Crippen molar-refractivity contribution in [2.24, 2.45) is 0 Å². The fraction of sp³-hybridized carbons (Fsp3) is 0.600. The fourth-order valence-electron chi connectivity index (χ4n) is 2.38. The first-order valence-corrected chi connectivity index (χ1v) is 7.11. The molecule has 0 aliphatic carbocycles. The fourth-order valence-corrected chi connectivity index (χ4v) is 2.66. The van der Waals surface area contributed by atoms with Crippen molar-refractivity contribution < 1.29 is 19.3 Å². The highest BCUT2D eigenvalue weighted by molar-refractivity contribution is 6.32. The Labute approximate surface area is 124 Å². The van der Waals surface area contributed by atoms with E-state index in [1.165, 1.54) is 0 Å². The second-order valence-corrected chi connectivity index (χ2v) is 6.02. The molecule has 5 heteroatoms. The molecule has 0 aromatic heterocycles. The number of hydrogen-bond acceptors (Lipinski definition) is 4. The van der Waals surface area contributed by atoms with Crippen molar-refractivity contribution in [1.82, 2.24) is 0 Å². The molecule has 0 saturated carbocycles. The number of benzene rings is 1. The second-order valence-electron chi connectivity index (χ2n) is 5.62. The smallest absolute Gasteiger partial charge is 0.179 e. The van der Waals surface area contributed by atoms with Crippen LogP contribution in [-0.4, -0.2) is 30.5 Å². The summed E-state index contributed by atoms with van der Waals surface area (Å²) in [4.78, 5) is 0. The van der Waals surface area contributed by atoms with Gasteiger partial charge in [0.15, 0.2) is 11.5 Å². The Balaban J connectivity index is 2.06. The van der Waals surface area contributed by atoms with E-state index in [1.54, 1.807) is 19.2 Å². The Morgan fingerprint density at radius 1 is 1.45 bits per heavy atom. The van der Waals surface area contributed by atoms with Crippen molar-refractivity contribution in [2.45, 2.75) is 45.0 Å². The molecule has 0 radical (unpaired) electrons. The largest absolute Gasteiger partial charge is 0.493 e. The summed E-state index contributed by atoms with van der Waals surface area (Å²) in [6, 6.07) is 3.40. The SMILES string of the molecule is COc1cc(CO)cc(Cl)c1OCC1CCC(C)(C)O1. The van der Waals surface area contributed by atoms with Crippen LogP contribution in [0.4, 0.5) is 0 Å². The predicted molar refractivity (Wildman–Crippen MR) is 77.6 cm³/mol. The molecular formula is C15H21ClO4. The summed E-state index contributed by atoms with van der Waals surface area (Å²) in [5.41, 5.74) is 0.611. The molecule has 1 atom stereocenters. The number of hydrogen-bond donors (Lipinski definition) is 1. The Bertz CT molecular complexity index is 473. The van der Waals surface area contributed by atoms with Gasteiger partial charge >= 0.3 is 0 Å². The first-order chi connectivity index (χ1) is 9.45. The maximum atomic E-state index is 9.16. The number of halogens is 1. The van der Waals surface area contributed by atoms with Crippen molar-refractivity contribution >= 4 is 11.6 Å². The zero-order valence-electron chi connectivity index (χ0n) is 12.1. The van der Waals surface area contributed by atoms with Crippen molar-refractivity contribution in [3.63, 3.8) is 0 Å². The summed E-state index contributed by atoms with van der Waals surface area (Å²) in [5.74, 6) is 1.03. The molecule has 1 aromatic carbocycles. The van der Waals surface area contributed by atoms with Gasteiger partial charge in [-0.2, -0.15) is 0 Å². The number of rotatable bonds is 5. The van der Waals surface area contributed by atoms with Crippen LogP contribution in [0, 0.1) is 0 Å². The standard InChI is InChI=1S/C15H21ClO4/c1-15(2)5-4-11(20-15)9-19-14-12(16)6-10(8-17)7-13(14)18-3/h6-7,11,17H,4-5,8-9H2,1-3H3. The van der Waals surface area contributed by atoms with E-state index in [4.69, 9.17) is 30.9 Å². The van der Waals surface area contributed by atoms with E-state index in [1.807, 2.05) is 0 Å². The summed E-state index contributed by atoms with van der Waals surface area (Å²) >= 11 is 6.18. The zero-order chi connectivity index (χ0) is 14.8. The second kappa shape index (κ2) is 6.20. The maximum Gasteiger partial charge on any atom is 0.179 e. The van der Waals surface area contributed by atoms with E-state index in [-0.39, 0.29) is 18.3 Å². The molecule has 2 rings (SSSR count). The van der Waals surface area contributed by atoms with Gasteiger partial charge in [-0.15, -0.1) is 0 Å². The molecule has 1 fully saturated rings. The van der Waals surface area contributed by atoms with Gasteiger partial charge in [0.25, 0.3) is 0 Å². The van der Waals surface area contributed by atoms with E-state index in [0.717, 1.165) is 12.8 Å². The van der Waals surface area contributed by atoms with Gasteiger partial charge in [0.05, 0.1) is 30.4 Å². The number of aliphatic hydroxyl groups excluding tert-OH is 1. The van der Waals surface area contributed by atoms with Gasteiger partial charge in [0.1, 0.15) is 6.61 Å². The summed E-state index contributed by atoms with van der Waals surface area (Å²) in [7, 11) is 1.55. The Kier molecular flexibility index (Phi) is 4.78. The third kappa shape index (κ3) is 3.57. The van der Waals surface area contributed by atoms with Crippen LogP contribution in [0.15, 0.2) is 12.1 Å². The van der Waals surface area contributed by atoms with Crippen molar-refractivity contribution in [3.05, 3.63) is 22.7 Å². The molecule has 4 nitrogen and oxygen atoms in total. The normalized spacial score (nSPS) is 20.9. The predicted octanol–water partition coefficient (Wildman–Crippen LogP) is 3.18. The lowest BCUT2D eigenvalue weighted by molar-refractivity contribution is -0.0328. The van der Waals surface area contributed by atoms with Crippen molar-refractivity contribution in [2.75, 3.05) is 13.7 Å². The molecular weight excluding hydrogens is 280 g/mol. The lowest BCUT2D eigenvalue weighted by atomic mass is 10.1. The van der Waals surface area contributed by atoms with Crippen molar-refractivity contribution in [1.29, 1.82) is 0 Å². The molecule has 1 N–H and O–H groups in total. The van der Waals surface area contributed by atoms with Gasteiger partial charge in [0, 0.05) is 0 Å². The molecule has 1 aliphatic rings. The van der Waals surface area contributed by atoms with Gasteiger partial charge in [-0.25, -0.2) is 0 Å². The highest BCUT2D eigenvalue weighted by Crippen LogP contribution is 2.37. The molecule has 0 amide bonds. The highest BCUT2D eigenvalue weighted by atomic mass is 35.5. The Morgan fingerprint density at radius 2 is 2.20 bits per heavy atom. The minimum absolute atomic E-state index is 0.0725. The lowest BCUT2D eigenvalue weighted by Gasteiger charge is -2.20. The summed E-state index contributed by atoms with van der Waals surface area (Å²) < 4.78 is 16.9. The summed E-state index contributed by atoms with van der Waals surface area (Å²) in [5, 5.41) is 9.59. The van der Waals surface area contributed by atoms with Crippen LogP contribution in [0.2, 0.25) is 5.02 Å². The molecule has 1 heterocycles. The summed E-state index contributed by atoms with van der Waals surface area (Å²) in [6.07, 6.45) is 2.07. The minimum atomic E-state index is -0.0870. The average molecular weight is 301 g/mol. The molecule has 20 heavy (non-hydrogen) atoms. The number of methoxy groups -OCH3 is 1. The van der Waals surface area contributed by atoms with Crippen LogP contribution in [0.5, 0.6) is 11.5 Å². The van der Waals surface area contributed by atoms with Crippen LogP contribution in [0.3, 0.4) is 0 Å². The topological polar surface area (TPSA) is 47.9 Å². The van der Waals surface area contributed by atoms with Gasteiger partial charge in [-0.05, 0) is 44.4 Å². The molecule has 0 spiro atoms. The first-order valence-electron chi connectivity index (χ1n) is 6.73. The molecule has 112 valence electrons. The maximum absolute atomic E-state index is 9.16. The van der Waals surface area contributed by atoms with Crippen LogP contribution in [-0.2, 0) is 11.3 Å². The highest BCUT2D eigenvalue weighted by Gasteiger charge is 2.32. The minimum Gasteiger partial charge on any atom is -0.493 e. The van der Waals surface area contributed by atoms with E-state index in [9.17, 15) is 0 Å². The van der Waals surface area contributed by atoms with E-state index in [0.29, 0.717) is 28.7 Å². The lowest BCUT2D eigenvalue weighted by Crippen LogP contribution is -2.24. The molecule has 1 aromatic rings. The Morgan fingerprint density at radius 3 is 2.75 bits per heavy atom. The zero-order valence-corrected chi connectivity index (χ0v) is 12.9. The monoisotopic (exact) mass is 300 g/mol. The molecule has 1 unspecified atom stereocenters. The molecule has 1 aliphatic heterocycles. The van der Waals surface area contributed by atoms with Gasteiger partial charge in [-0.3, -0.25) is 0 Å². The van der Waals surface area contributed by atoms with E-state index < -0.39 is 0 Å². The van der Waals surface area contributed by atoms with Crippen LogP contribution < -0.4 is 9.47 Å². The van der Waals surface area contributed by atoms with Gasteiger partial charge in [0.2, 0.25) is 0 Å². The quantitative estimate of drug-likeness (QED) is 0.907. The first kappa shape index (κ1) is 15.4. The third-order valence-corrected chi connectivity index (χ3v) is 3.72. The van der Waals surface area contributed by atoms with Crippen molar-refractivity contribution in [3.8, 4) is 11.5 Å². The third-order valence-electron chi connectivity index (χ3n) is 3.44. The number of aliphatic hydroxyl groups is 1. The van der Waals surface area contributed by atoms with Crippen LogP contribution in [0.1, 0.15) is 32.3 Å². The molecule has 0 bridgehead atoms. The summed E-state index contributed by atoms with van der Waals surface area (Å²) in [6.45, 7) is 4.52. The Hall–Kier alpha value is -0.970. The molecule has 1 saturated heterocycles. The average Bonchev–Trinajstić information content (AvgIpc) is 2.76. The van der Waals surface area contributed by atoms with Crippen LogP contribution >= 0.6 is 11.6 Å². The van der Waals surface area contributed by atoms with E-state index in [2.05, 4.69) is 13.8 Å². The number of ether oxygens (including phenoxy) is 3. The van der Waals surface area contributed by atoms with Gasteiger partial charge in [-0.1, -0.05) is 11.6 Å². The van der Waals surface area contributed by atoms with Gasteiger partial charge < -0.3 is 19.3 Å². The van der Waals surface area contributed by atoms with Crippen LogP contribution in [0.25, 0.3) is 0 Å². The van der Waals surface area contributed by atoms with E-state index >= 15 is 0 Å².